The lowest BCUT2D eigenvalue weighted by atomic mass is 9.91. The summed E-state index contributed by atoms with van der Waals surface area (Å²) < 4.78 is 0.0895. The fourth-order valence-corrected chi connectivity index (χ4v) is 1.31. The maximum absolute atomic E-state index is 4.96. The molecule has 0 saturated heterocycles. The van der Waals surface area contributed by atoms with Gasteiger partial charge in [0.05, 0.1) is 0 Å². The molecule has 12 heavy (non-hydrogen) atoms. The van der Waals surface area contributed by atoms with E-state index in [0.29, 0.717) is 0 Å². The number of rotatable bonds is 0. The van der Waals surface area contributed by atoms with Gasteiger partial charge in [-0.3, -0.25) is 0 Å². The third-order valence-corrected chi connectivity index (χ3v) is 2.64. The zero-order valence-corrected chi connectivity index (χ0v) is 9.59. The van der Waals surface area contributed by atoms with Crippen molar-refractivity contribution >= 4 is 34.8 Å². The Hall–Kier alpha value is 0.610. The average molecular weight is 230 g/mol. The van der Waals surface area contributed by atoms with Crippen LogP contribution in [0.1, 0.15) is 39.0 Å². The van der Waals surface area contributed by atoms with E-state index >= 15 is 0 Å². The van der Waals surface area contributed by atoms with Gasteiger partial charge in [0, 0.05) is 5.54 Å². The molecule has 0 heterocycles. The Morgan fingerprint density at radius 1 is 1.17 bits per heavy atom. The topological polar surface area (TPSA) is 0 Å². The van der Waals surface area contributed by atoms with Gasteiger partial charge in [0.25, 0.3) is 0 Å². The minimum Gasteiger partial charge on any atom is -0.0904 e. The Labute approximate surface area is 89.9 Å². The molecule has 0 unspecified atom stereocenters. The van der Waals surface area contributed by atoms with Crippen molar-refractivity contribution in [3.05, 3.63) is 10.0 Å². The van der Waals surface area contributed by atoms with Crippen molar-refractivity contribution in [2.24, 2.45) is 5.92 Å². The number of hydrogen-bond donors (Lipinski definition) is 0. The largest absolute Gasteiger partial charge is 0.118 e. The quantitative estimate of drug-likeness (QED) is 0.543. The first-order chi connectivity index (χ1) is 5.66. The van der Waals surface area contributed by atoms with Gasteiger partial charge in [-0.15, -0.1) is 0 Å². The Balaban J connectivity index is 0.000000217. The molecule has 0 aromatic rings. The molecule has 0 N–H and O–H groups in total. The van der Waals surface area contributed by atoms with Crippen LogP contribution in [-0.4, -0.2) is 0 Å². The molecule has 1 fully saturated rings. The fourth-order valence-electron chi connectivity index (χ4n) is 1.31. The standard InChI is InChI=1S/C7H14.C2HCl3/c1-7-5-3-2-4-6-7;3-1-2(4)5/h7H,2-6H2,1H3;1H. The molecule has 0 bridgehead atoms. The molecule has 0 amide bonds. The van der Waals surface area contributed by atoms with E-state index in [1.807, 2.05) is 0 Å². The third-order valence-electron chi connectivity index (χ3n) is 1.98. The van der Waals surface area contributed by atoms with Crippen LogP contribution in [0, 0.1) is 5.92 Å². The second-order valence-corrected chi connectivity index (χ2v) is 4.37. The van der Waals surface area contributed by atoms with E-state index in [9.17, 15) is 0 Å². The zero-order valence-electron chi connectivity index (χ0n) is 7.32. The maximum Gasteiger partial charge on any atom is 0.118 e. The summed E-state index contributed by atoms with van der Waals surface area (Å²) in [4.78, 5) is 0. The van der Waals surface area contributed by atoms with E-state index in [1.165, 1.54) is 32.1 Å². The monoisotopic (exact) mass is 228 g/mol. The summed E-state index contributed by atoms with van der Waals surface area (Å²) in [6.07, 6.45) is 7.44. The molecule has 72 valence electrons. The molecule has 0 aromatic heterocycles. The molecule has 0 atom stereocenters. The summed E-state index contributed by atoms with van der Waals surface area (Å²) in [5, 5.41) is 0. The molecule has 0 aromatic carbocycles. The van der Waals surface area contributed by atoms with E-state index in [-0.39, 0.29) is 4.49 Å². The van der Waals surface area contributed by atoms with Crippen LogP contribution in [0.15, 0.2) is 10.0 Å². The Morgan fingerprint density at radius 3 is 1.75 bits per heavy atom. The normalized spacial score (nSPS) is 17.7. The lowest BCUT2D eigenvalue weighted by Gasteiger charge is -2.15. The van der Waals surface area contributed by atoms with Crippen molar-refractivity contribution in [1.29, 1.82) is 0 Å². The summed E-state index contributed by atoms with van der Waals surface area (Å²) in [7, 11) is 0. The second-order valence-electron chi connectivity index (χ2n) is 3.14. The predicted molar refractivity (Wildman–Crippen MR) is 57.9 cm³/mol. The smallest absolute Gasteiger partial charge is 0.0904 e. The second kappa shape index (κ2) is 8.22. The summed E-state index contributed by atoms with van der Waals surface area (Å²) in [6, 6.07) is 0. The van der Waals surface area contributed by atoms with Crippen LogP contribution in [0.25, 0.3) is 0 Å². The molecule has 0 nitrogen and oxygen atoms in total. The van der Waals surface area contributed by atoms with Crippen LogP contribution in [0.4, 0.5) is 0 Å². The van der Waals surface area contributed by atoms with E-state index < -0.39 is 0 Å². The van der Waals surface area contributed by atoms with Gasteiger partial charge in [0.2, 0.25) is 0 Å². The molecular formula is C9H15Cl3. The first-order valence-electron chi connectivity index (χ1n) is 4.28. The maximum atomic E-state index is 4.96. The van der Waals surface area contributed by atoms with E-state index in [4.69, 9.17) is 34.8 Å². The molecule has 1 saturated carbocycles. The van der Waals surface area contributed by atoms with Gasteiger partial charge >= 0.3 is 0 Å². The van der Waals surface area contributed by atoms with Crippen LogP contribution >= 0.6 is 34.8 Å². The molecule has 0 spiro atoms. The van der Waals surface area contributed by atoms with E-state index in [2.05, 4.69) is 6.92 Å². The van der Waals surface area contributed by atoms with Crippen molar-refractivity contribution in [2.45, 2.75) is 39.0 Å². The lowest BCUT2D eigenvalue weighted by Crippen LogP contribution is -1.99. The van der Waals surface area contributed by atoms with Crippen LogP contribution < -0.4 is 0 Å². The predicted octanol–water partition coefficient (Wildman–Crippen LogP) is 5.09. The zero-order chi connectivity index (χ0) is 9.40. The van der Waals surface area contributed by atoms with Gasteiger partial charge in [0.1, 0.15) is 4.49 Å². The molecule has 0 aliphatic heterocycles. The summed E-state index contributed by atoms with van der Waals surface area (Å²) in [6.45, 7) is 2.36. The molecule has 3 heteroatoms. The first-order valence-corrected chi connectivity index (χ1v) is 5.47. The SMILES string of the molecule is CC1CCCCC1.ClC=C(Cl)Cl. The molecule has 1 aliphatic carbocycles. The van der Waals surface area contributed by atoms with Gasteiger partial charge in [0.15, 0.2) is 0 Å². The van der Waals surface area contributed by atoms with Crippen molar-refractivity contribution in [1.82, 2.24) is 0 Å². The van der Waals surface area contributed by atoms with Gasteiger partial charge < -0.3 is 0 Å². The Kier molecular flexibility index (Phi) is 8.64. The van der Waals surface area contributed by atoms with Crippen molar-refractivity contribution in [2.75, 3.05) is 0 Å². The van der Waals surface area contributed by atoms with E-state index in [0.717, 1.165) is 11.5 Å². The van der Waals surface area contributed by atoms with Crippen LogP contribution in [-0.2, 0) is 0 Å². The highest BCUT2D eigenvalue weighted by Gasteiger charge is 2.05. The summed E-state index contributed by atoms with van der Waals surface area (Å²) in [5.41, 5.74) is 1.09. The highest BCUT2D eigenvalue weighted by molar-refractivity contribution is 6.58. The van der Waals surface area contributed by atoms with Crippen LogP contribution in [0.5, 0.6) is 0 Å². The minimum absolute atomic E-state index is 0.0895. The molecule has 1 aliphatic rings. The lowest BCUT2D eigenvalue weighted by molar-refractivity contribution is 0.385. The van der Waals surface area contributed by atoms with Gasteiger partial charge in [-0.05, 0) is 5.92 Å². The first kappa shape index (κ1) is 12.6. The number of hydrogen-bond acceptors (Lipinski definition) is 0. The highest BCUT2D eigenvalue weighted by Crippen LogP contribution is 2.22. The summed E-state index contributed by atoms with van der Waals surface area (Å²) in [5.74, 6) is 1.04. The minimum atomic E-state index is 0.0895. The average Bonchev–Trinajstić information content (AvgIpc) is 2.07. The van der Waals surface area contributed by atoms with Crippen molar-refractivity contribution < 1.29 is 0 Å². The van der Waals surface area contributed by atoms with Gasteiger partial charge in [-0.25, -0.2) is 0 Å². The van der Waals surface area contributed by atoms with Crippen LogP contribution in [0.3, 0.4) is 0 Å². The highest BCUT2D eigenvalue weighted by atomic mass is 35.5. The Morgan fingerprint density at radius 2 is 1.58 bits per heavy atom. The van der Waals surface area contributed by atoms with Gasteiger partial charge in [-0.1, -0.05) is 73.8 Å². The summed E-state index contributed by atoms with van der Waals surface area (Å²) >= 11 is 14.8. The Bertz CT molecular complexity index is 122. The third kappa shape index (κ3) is 8.70. The van der Waals surface area contributed by atoms with Crippen LogP contribution in [0.2, 0.25) is 0 Å². The molecule has 1 rings (SSSR count). The molecule has 0 radical (unpaired) electrons. The fraction of sp³-hybridized carbons (Fsp3) is 0.778. The van der Waals surface area contributed by atoms with Crippen molar-refractivity contribution in [3.8, 4) is 0 Å². The van der Waals surface area contributed by atoms with Crippen molar-refractivity contribution in [3.63, 3.8) is 0 Å². The number of halogens is 3. The van der Waals surface area contributed by atoms with E-state index in [1.54, 1.807) is 0 Å². The molecular weight excluding hydrogens is 214 g/mol. The van der Waals surface area contributed by atoms with Gasteiger partial charge in [-0.2, -0.15) is 0 Å².